The zero-order valence-electron chi connectivity index (χ0n) is 19.2. The Hall–Kier alpha value is -4.11. The normalized spacial score (nSPS) is 13.2. The quantitative estimate of drug-likeness (QED) is 0.285. The molecule has 1 amide bonds. The molecule has 4 rings (SSSR count). The molecule has 1 fully saturated rings. The van der Waals surface area contributed by atoms with E-state index in [0.29, 0.717) is 41.3 Å². The van der Waals surface area contributed by atoms with Crippen molar-refractivity contribution in [1.82, 2.24) is 14.9 Å². The molecule has 9 nitrogen and oxygen atoms in total. The number of carbonyl (C=O) groups excluding carboxylic acids is 2. The second-order valence-electron chi connectivity index (χ2n) is 7.80. The highest BCUT2D eigenvalue weighted by molar-refractivity contribution is 6.33. The van der Waals surface area contributed by atoms with Crippen molar-refractivity contribution < 1.29 is 14.3 Å². The number of rotatable bonds is 7. The van der Waals surface area contributed by atoms with Gasteiger partial charge >= 0.3 is 5.97 Å². The molecule has 1 aliphatic rings. The summed E-state index contributed by atoms with van der Waals surface area (Å²) >= 11 is 6.32. The Labute approximate surface area is 208 Å². The number of hydrogen-bond donors (Lipinski definition) is 2. The number of nitrogens with one attached hydrogen (secondary N) is 2. The molecule has 3 aromatic rings. The number of esters is 1. The average Bonchev–Trinajstić information content (AvgIpc) is 2.87. The molecule has 1 aliphatic heterocycles. The van der Waals surface area contributed by atoms with Gasteiger partial charge in [0.1, 0.15) is 5.02 Å². The Balaban J connectivity index is 1.49. The lowest BCUT2D eigenvalue weighted by atomic mass is 10.2. The van der Waals surface area contributed by atoms with Crippen LogP contribution in [-0.2, 0) is 9.59 Å². The zero-order valence-corrected chi connectivity index (χ0v) is 20.0. The van der Waals surface area contributed by atoms with E-state index in [9.17, 15) is 9.59 Å². The van der Waals surface area contributed by atoms with Crippen LogP contribution in [0.15, 0.2) is 67.4 Å². The monoisotopic (exact) mass is 492 g/mol. The van der Waals surface area contributed by atoms with Gasteiger partial charge in [-0.2, -0.15) is 4.98 Å². The molecule has 2 N–H and O–H groups in total. The molecule has 1 aromatic heterocycles. The van der Waals surface area contributed by atoms with Gasteiger partial charge in [-0.25, -0.2) is 9.78 Å². The largest absolute Gasteiger partial charge is 0.421 e. The van der Waals surface area contributed by atoms with Crippen molar-refractivity contribution in [1.29, 1.82) is 0 Å². The lowest BCUT2D eigenvalue weighted by Crippen LogP contribution is -2.48. The van der Waals surface area contributed by atoms with E-state index in [-0.39, 0.29) is 5.91 Å². The summed E-state index contributed by atoms with van der Waals surface area (Å²) in [4.78, 5) is 36.1. The first-order chi connectivity index (χ1) is 16.9. The number of ether oxygens (including phenoxy) is 1. The second kappa shape index (κ2) is 10.9. The molecule has 0 aliphatic carbocycles. The van der Waals surface area contributed by atoms with Gasteiger partial charge in [0.2, 0.25) is 11.9 Å². The third kappa shape index (κ3) is 6.07. The fourth-order valence-corrected chi connectivity index (χ4v) is 3.78. The van der Waals surface area contributed by atoms with Crippen LogP contribution in [0, 0.1) is 0 Å². The Morgan fingerprint density at radius 3 is 2.60 bits per heavy atom. The summed E-state index contributed by atoms with van der Waals surface area (Å²) in [6.07, 6.45) is 2.58. The Bertz CT molecular complexity index is 1240. The van der Waals surface area contributed by atoms with E-state index in [1.54, 1.807) is 31.2 Å². The number of amides is 1. The Kier molecular flexibility index (Phi) is 7.47. The van der Waals surface area contributed by atoms with Gasteiger partial charge in [0.25, 0.3) is 0 Å². The number of nitrogens with zero attached hydrogens (tertiary/aromatic N) is 4. The van der Waals surface area contributed by atoms with Gasteiger partial charge in [-0.15, -0.1) is 0 Å². The maximum absolute atomic E-state index is 11.6. The number of carbonyl (C=O) groups is 2. The van der Waals surface area contributed by atoms with Crippen molar-refractivity contribution in [3.05, 3.63) is 72.4 Å². The number of piperazine rings is 1. The first-order valence-corrected chi connectivity index (χ1v) is 11.4. The van der Waals surface area contributed by atoms with Crippen molar-refractivity contribution in [2.45, 2.75) is 6.92 Å². The molecular formula is C25H25ClN6O3. The highest BCUT2D eigenvalue weighted by Gasteiger charge is 2.19. The van der Waals surface area contributed by atoms with Crippen LogP contribution in [-0.4, -0.2) is 52.9 Å². The Morgan fingerprint density at radius 1 is 1.09 bits per heavy atom. The summed E-state index contributed by atoms with van der Waals surface area (Å²) in [7, 11) is 0. The molecule has 0 saturated carbocycles. The Morgan fingerprint density at radius 2 is 1.86 bits per heavy atom. The SMILES string of the molecule is C=CC(=O)Oc1ccccc1Nc1nc(Nc2cccc(N3CCN(C(C)=O)CC3)c2)ncc1Cl. The predicted octanol–water partition coefficient (Wildman–Crippen LogP) is 4.38. The van der Waals surface area contributed by atoms with Crippen molar-refractivity contribution in [2.75, 3.05) is 41.7 Å². The smallest absolute Gasteiger partial charge is 0.335 e. The lowest BCUT2D eigenvalue weighted by Gasteiger charge is -2.35. The maximum atomic E-state index is 11.6. The lowest BCUT2D eigenvalue weighted by molar-refractivity contribution is -0.129. The predicted molar refractivity (Wildman–Crippen MR) is 137 cm³/mol. The third-order valence-electron chi connectivity index (χ3n) is 5.45. The van der Waals surface area contributed by atoms with Crippen LogP contribution in [0.4, 0.5) is 28.8 Å². The topological polar surface area (TPSA) is 99.7 Å². The van der Waals surface area contributed by atoms with Crippen molar-refractivity contribution in [3.63, 3.8) is 0 Å². The summed E-state index contributed by atoms with van der Waals surface area (Å²) < 4.78 is 5.28. The van der Waals surface area contributed by atoms with Crippen LogP contribution >= 0.6 is 11.6 Å². The van der Waals surface area contributed by atoms with Crippen LogP contribution in [0.3, 0.4) is 0 Å². The molecule has 2 heterocycles. The highest BCUT2D eigenvalue weighted by atomic mass is 35.5. The maximum Gasteiger partial charge on any atom is 0.335 e. The first kappa shape index (κ1) is 24.0. The molecule has 35 heavy (non-hydrogen) atoms. The summed E-state index contributed by atoms with van der Waals surface area (Å²) in [5.74, 6) is 0.543. The van der Waals surface area contributed by atoms with Gasteiger partial charge in [0.05, 0.1) is 11.9 Å². The van der Waals surface area contributed by atoms with Gasteiger partial charge < -0.3 is 25.2 Å². The van der Waals surface area contributed by atoms with Gasteiger partial charge in [0.15, 0.2) is 11.6 Å². The van der Waals surface area contributed by atoms with Crippen molar-refractivity contribution >= 4 is 52.3 Å². The van der Waals surface area contributed by atoms with Gasteiger partial charge in [-0.1, -0.05) is 36.4 Å². The zero-order chi connectivity index (χ0) is 24.8. The average molecular weight is 493 g/mol. The fourth-order valence-electron chi connectivity index (χ4n) is 3.64. The second-order valence-corrected chi connectivity index (χ2v) is 8.21. The van der Waals surface area contributed by atoms with E-state index in [2.05, 4.69) is 32.1 Å². The van der Waals surface area contributed by atoms with Crippen LogP contribution < -0.4 is 20.3 Å². The van der Waals surface area contributed by atoms with E-state index >= 15 is 0 Å². The number of anilines is 5. The van der Waals surface area contributed by atoms with Crippen molar-refractivity contribution in [2.24, 2.45) is 0 Å². The molecule has 0 spiro atoms. The summed E-state index contributed by atoms with van der Waals surface area (Å²) in [6, 6.07) is 14.9. The van der Waals surface area contributed by atoms with Gasteiger partial charge in [-0.05, 0) is 30.3 Å². The number of halogens is 1. The summed E-state index contributed by atoms with van der Waals surface area (Å²) in [5, 5.41) is 6.61. The molecule has 2 aromatic carbocycles. The minimum atomic E-state index is -0.571. The van der Waals surface area contributed by atoms with E-state index in [1.807, 2.05) is 29.2 Å². The van der Waals surface area contributed by atoms with E-state index < -0.39 is 5.97 Å². The summed E-state index contributed by atoms with van der Waals surface area (Å²) in [6.45, 7) is 7.95. The molecule has 10 heteroatoms. The molecule has 0 radical (unpaired) electrons. The van der Waals surface area contributed by atoms with Crippen LogP contribution in [0.5, 0.6) is 5.75 Å². The minimum Gasteiger partial charge on any atom is -0.421 e. The molecular weight excluding hydrogens is 468 g/mol. The van der Waals surface area contributed by atoms with E-state index in [0.717, 1.165) is 30.5 Å². The molecule has 1 saturated heterocycles. The molecule has 0 atom stereocenters. The highest BCUT2D eigenvalue weighted by Crippen LogP contribution is 2.31. The number of benzene rings is 2. The fraction of sp³-hybridized carbons (Fsp3) is 0.200. The minimum absolute atomic E-state index is 0.103. The van der Waals surface area contributed by atoms with Crippen LogP contribution in [0.25, 0.3) is 0 Å². The number of para-hydroxylation sites is 2. The van der Waals surface area contributed by atoms with E-state index in [4.69, 9.17) is 16.3 Å². The summed E-state index contributed by atoms with van der Waals surface area (Å²) in [5.41, 5.74) is 2.37. The van der Waals surface area contributed by atoms with Crippen molar-refractivity contribution in [3.8, 4) is 5.75 Å². The van der Waals surface area contributed by atoms with Gasteiger partial charge in [0, 0.05) is 50.6 Å². The van der Waals surface area contributed by atoms with E-state index in [1.165, 1.54) is 6.20 Å². The van der Waals surface area contributed by atoms with Gasteiger partial charge in [-0.3, -0.25) is 4.79 Å². The number of hydrogen-bond acceptors (Lipinski definition) is 8. The standard InChI is InChI=1S/C25H25ClN6O3/c1-3-23(34)35-22-10-5-4-9-21(22)29-24-20(26)16-27-25(30-24)28-18-7-6-8-19(15-18)32-13-11-31(12-14-32)17(2)33/h3-10,15-16H,1,11-14H2,2H3,(H2,27,28,29,30). The van der Waals surface area contributed by atoms with Crippen LogP contribution in [0.1, 0.15) is 6.92 Å². The molecule has 0 unspecified atom stereocenters. The molecule has 180 valence electrons. The third-order valence-corrected chi connectivity index (χ3v) is 5.73. The number of aromatic nitrogens is 2. The first-order valence-electron chi connectivity index (χ1n) is 11.0. The van der Waals surface area contributed by atoms with Crippen LogP contribution in [0.2, 0.25) is 5.02 Å². The molecule has 0 bridgehead atoms.